The zero-order valence-electron chi connectivity index (χ0n) is 11.5. The number of amides is 1. The molecule has 3 nitrogen and oxygen atoms in total. The smallest absolute Gasteiger partial charge is 0.340 e. The Morgan fingerprint density at radius 1 is 1.05 bits per heavy atom. The summed E-state index contributed by atoms with van der Waals surface area (Å²) in [6.07, 6.45) is -4.54. The van der Waals surface area contributed by atoms with Crippen molar-refractivity contribution in [1.29, 1.82) is 0 Å². The molecule has 1 aromatic carbocycles. The van der Waals surface area contributed by atoms with E-state index in [4.69, 9.17) is 0 Å². The molecule has 6 heteroatoms. The highest BCUT2D eigenvalue weighted by atomic mass is 19.4. The first-order valence-electron chi connectivity index (χ1n) is 6.00. The van der Waals surface area contributed by atoms with E-state index in [2.05, 4.69) is 0 Å². The summed E-state index contributed by atoms with van der Waals surface area (Å²) in [5.41, 5.74) is 0.919. The number of ketones is 1. The van der Waals surface area contributed by atoms with Gasteiger partial charge in [-0.15, -0.1) is 0 Å². The molecule has 20 heavy (non-hydrogen) atoms. The number of hydrogen-bond donors (Lipinski definition) is 1. The Morgan fingerprint density at radius 2 is 1.55 bits per heavy atom. The Hall–Kier alpha value is -1.85. The highest BCUT2D eigenvalue weighted by molar-refractivity contribution is 6.42. The molecule has 0 aliphatic rings. The van der Waals surface area contributed by atoms with Crippen LogP contribution in [-0.2, 0) is 10.2 Å². The fourth-order valence-electron chi connectivity index (χ4n) is 1.51. The minimum absolute atomic E-state index is 0.0673. The SMILES string of the molecule is CC(C)(C)c1ccc(C(=O)C(=O)NCC(F)(F)F)cc1. The van der Waals surface area contributed by atoms with E-state index in [1.807, 2.05) is 20.8 Å². The van der Waals surface area contributed by atoms with E-state index in [1.54, 1.807) is 17.4 Å². The van der Waals surface area contributed by atoms with Gasteiger partial charge in [0.05, 0.1) is 0 Å². The topological polar surface area (TPSA) is 46.2 Å². The Labute approximate surface area is 115 Å². The summed E-state index contributed by atoms with van der Waals surface area (Å²) in [6.45, 7) is 4.44. The van der Waals surface area contributed by atoms with Gasteiger partial charge in [-0.05, 0) is 11.0 Å². The van der Waals surface area contributed by atoms with Gasteiger partial charge in [0.25, 0.3) is 5.91 Å². The lowest BCUT2D eigenvalue weighted by atomic mass is 9.86. The molecule has 0 bridgehead atoms. The van der Waals surface area contributed by atoms with Gasteiger partial charge in [-0.1, -0.05) is 45.0 Å². The first-order valence-corrected chi connectivity index (χ1v) is 6.00. The summed E-state index contributed by atoms with van der Waals surface area (Å²) in [5.74, 6) is -2.24. The molecule has 0 aliphatic carbocycles. The van der Waals surface area contributed by atoms with Gasteiger partial charge in [-0.2, -0.15) is 13.2 Å². The molecule has 1 rings (SSSR count). The van der Waals surface area contributed by atoms with Crippen LogP contribution in [0.25, 0.3) is 0 Å². The van der Waals surface area contributed by atoms with Crippen molar-refractivity contribution in [2.24, 2.45) is 0 Å². The largest absolute Gasteiger partial charge is 0.405 e. The Kier molecular flexibility index (Phi) is 4.57. The van der Waals surface area contributed by atoms with Crippen molar-refractivity contribution in [3.05, 3.63) is 35.4 Å². The normalized spacial score (nSPS) is 12.1. The van der Waals surface area contributed by atoms with Crippen LogP contribution in [0.4, 0.5) is 13.2 Å². The maximum atomic E-state index is 11.9. The van der Waals surface area contributed by atoms with Crippen molar-refractivity contribution >= 4 is 11.7 Å². The molecule has 1 N–H and O–H groups in total. The molecule has 0 fully saturated rings. The first-order chi connectivity index (χ1) is 9.00. The lowest BCUT2D eigenvalue weighted by Crippen LogP contribution is -2.38. The lowest BCUT2D eigenvalue weighted by Gasteiger charge is -2.18. The van der Waals surface area contributed by atoms with Gasteiger partial charge < -0.3 is 5.32 Å². The van der Waals surface area contributed by atoms with E-state index < -0.39 is 24.4 Å². The average molecular weight is 287 g/mol. The third-order valence-corrected chi connectivity index (χ3v) is 2.67. The summed E-state index contributed by atoms with van der Waals surface area (Å²) in [4.78, 5) is 23.0. The van der Waals surface area contributed by atoms with Gasteiger partial charge in [0, 0.05) is 5.56 Å². The number of hydrogen-bond acceptors (Lipinski definition) is 2. The Bertz CT molecular complexity index is 499. The number of alkyl halides is 3. The van der Waals surface area contributed by atoms with Crippen molar-refractivity contribution in [2.45, 2.75) is 32.4 Å². The van der Waals surface area contributed by atoms with Crippen molar-refractivity contribution < 1.29 is 22.8 Å². The molecule has 0 aliphatic heterocycles. The van der Waals surface area contributed by atoms with Crippen molar-refractivity contribution in [3.63, 3.8) is 0 Å². The second-order valence-corrected chi connectivity index (χ2v) is 5.45. The van der Waals surface area contributed by atoms with Gasteiger partial charge in [-0.3, -0.25) is 9.59 Å². The van der Waals surface area contributed by atoms with Crippen LogP contribution in [0.2, 0.25) is 0 Å². The third kappa shape index (κ3) is 4.68. The van der Waals surface area contributed by atoms with E-state index in [9.17, 15) is 22.8 Å². The molecule has 0 saturated heterocycles. The fraction of sp³-hybridized carbons (Fsp3) is 0.429. The number of rotatable bonds is 3. The number of carbonyl (C=O) groups excluding carboxylic acids is 2. The Balaban J connectivity index is 2.75. The van der Waals surface area contributed by atoms with E-state index >= 15 is 0 Å². The zero-order valence-corrected chi connectivity index (χ0v) is 11.5. The molecule has 0 saturated carbocycles. The number of halogens is 3. The van der Waals surface area contributed by atoms with Crippen LogP contribution >= 0.6 is 0 Å². The molecule has 0 atom stereocenters. The number of carbonyl (C=O) groups is 2. The van der Waals surface area contributed by atoms with Crippen LogP contribution < -0.4 is 5.32 Å². The quantitative estimate of drug-likeness (QED) is 0.686. The van der Waals surface area contributed by atoms with Gasteiger partial charge in [0.15, 0.2) is 0 Å². The summed E-state index contributed by atoms with van der Waals surface area (Å²) >= 11 is 0. The van der Waals surface area contributed by atoms with Crippen LogP contribution in [0.1, 0.15) is 36.7 Å². The van der Waals surface area contributed by atoms with Crippen molar-refractivity contribution in [2.75, 3.05) is 6.54 Å². The number of benzene rings is 1. The van der Waals surface area contributed by atoms with Crippen LogP contribution in [0.3, 0.4) is 0 Å². The molecule has 110 valence electrons. The van der Waals surface area contributed by atoms with E-state index in [0.29, 0.717) is 0 Å². The van der Waals surface area contributed by atoms with Gasteiger partial charge in [0.2, 0.25) is 5.78 Å². The predicted octanol–water partition coefficient (Wildman–Crippen LogP) is 2.85. The lowest BCUT2D eigenvalue weighted by molar-refractivity contribution is -0.135. The van der Waals surface area contributed by atoms with Crippen molar-refractivity contribution in [3.8, 4) is 0 Å². The van der Waals surface area contributed by atoms with Crippen LogP contribution in [-0.4, -0.2) is 24.4 Å². The molecule has 0 radical (unpaired) electrons. The second kappa shape index (κ2) is 5.64. The second-order valence-electron chi connectivity index (χ2n) is 5.45. The maximum Gasteiger partial charge on any atom is 0.405 e. The van der Waals surface area contributed by atoms with Gasteiger partial charge >= 0.3 is 6.18 Å². The average Bonchev–Trinajstić information content (AvgIpc) is 2.33. The highest BCUT2D eigenvalue weighted by Gasteiger charge is 2.29. The zero-order chi connectivity index (χ0) is 15.6. The van der Waals surface area contributed by atoms with Crippen LogP contribution in [0.15, 0.2) is 24.3 Å². The van der Waals surface area contributed by atoms with E-state index in [1.165, 1.54) is 12.1 Å². The maximum absolute atomic E-state index is 11.9. The molecule has 0 unspecified atom stereocenters. The number of Topliss-reactive ketones (excluding diaryl/α,β-unsaturated/α-hetero) is 1. The van der Waals surface area contributed by atoms with Crippen LogP contribution in [0, 0.1) is 0 Å². The summed E-state index contributed by atoms with van der Waals surface area (Å²) in [6, 6.07) is 6.25. The molecule has 0 aromatic heterocycles. The van der Waals surface area contributed by atoms with Gasteiger partial charge in [-0.25, -0.2) is 0 Å². The summed E-state index contributed by atoms with van der Waals surface area (Å²) < 4.78 is 35.8. The van der Waals surface area contributed by atoms with Crippen LogP contribution in [0.5, 0.6) is 0 Å². The number of nitrogens with one attached hydrogen (secondary N) is 1. The summed E-state index contributed by atoms with van der Waals surface area (Å²) in [5, 5.41) is 1.55. The fourth-order valence-corrected chi connectivity index (χ4v) is 1.51. The van der Waals surface area contributed by atoms with Gasteiger partial charge in [0.1, 0.15) is 6.54 Å². The minimum atomic E-state index is -4.54. The minimum Gasteiger partial charge on any atom is -0.340 e. The van der Waals surface area contributed by atoms with Crippen molar-refractivity contribution in [1.82, 2.24) is 5.32 Å². The molecular formula is C14H16F3NO2. The molecule has 0 heterocycles. The molecule has 1 aromatic rings. The molecule has 0 spiro atoms. The summed E-state index contributed by atoms with van der Waals surface area (Å²) in [7, 11) is 0. The molecular weight excluding hydrogens is 271 g/mol. The van der Waals surface area contributed by atoms with E-state index in [-0.39, 0.29) is 11.0 Å². The standard InChI is InChI=1S/C14H16F3NO2/c1-13(2,3)10-6-4-9(5-7-10)11(19)12(20)18-8-14(15,16)17/h4-7H,8H2,1-3H3,(H,18,20). The predicted molar refractivity (Wildman–Crippen MR) is 68.5 cm³/mol. The molecule has 1 amide bonds. The van der Waals surface area contributed by atoms with E-state index in [0.717, 1.165) is 5.56 Å². The third-order valence-electron chi connectivity index (χ3n) is 2.67. The Morgan fingerprint density at radius 3 is 1.95 bits per heavy atom. The highest BCUT2D eigenvalue weighted by Crippen LogP contribution is 2.22. The first kappa shape index (κ1) is 16.2. The monoisotopic (exact) mass is 287 g/mol.